The topological polar surface area (TPSA) is 120 Å². The first kappa shape index (κ1) is 25.3. The highest BCUT2D eigenvalue weighted by Gasteiger charge is 2.39. The van der Waals surface area contributed by atoms with Gasteiger partial charge < -0.3 is 10.6 Å². The first-order valence-electron chi connectivity index (χ1n) is 9.24. The van der Waals surface area contributed by atoms with Crippen LogP contribution in [0.4, 0.5) is 5.82 Å². The van der Waals surface area contributed by atoms with E-state index in [2.05, 4.69) is 20.3 Å². The first-order chi connectivity index (χ1) is 13.0. The molecular formula is C18H30ClN5O4S. The van der Waals surface area contributed by atoms with Crippen molar-refractivity contribution in [2.24, 2.45) is 5.92 Å². The summed E-state index contributed by atoms with van der Waals surface area (Å²) in [5, 5.41) is 5.66. The summed E-state index contributed by atoms with van der Waals surface area (Å²) in [6.45, 7) is 5.49. The molecule has 0 bridgehead atoms. The van der Waals surface area contributed by atoms with Gasteiger partial charge in [0.1, 0.15) is 11.9 Å². The lowest BCUT2D eigenvalue weighted by atomic mass is 10.0. The van der Waals surface area contributed by atoms with Crippen LogP contribution >= 0.6 is 12.4 Å². The number of halogens is 1. The summed E-state index contributed by atoms with van der Waals surface area (Å²) in [6, 6.07) is 2.05. The second-order valence-electron chi connectivity index (χ2n) is 7.41. The molecule has 2 rings (SSSR count). The van der Waals surface area contributed by atoms with E-state index < -0.39 is 28.1 Å². The maximum Gasteiger partial charge on any atom is 0.251 e. The summed E-state index contributed by atoms with van der Waals surface area (Å²) >= 11 is 0. The molecule has 0 aromatic carbocycles. The predicted octanol–water partition coefficient (Wildman–Crippen LogP) is 0.0590. The molecule has 1 aromatic rings. The molecule has 1 aromatic heterocycles. The van der Waals surface area contributed by atoms with Crippen LogP contribution in [0.3, 0.4) is 0 Å². The number of nitrogens with zero attached hydrogens (tertiary/aromatic N) is 2. The molecule has 0 fully saturated rings. The van der Waals surface area contributed by atoms with E-state index in [-0.39, 0.29) is 36.7 Å². The van der Waals surface area contributed by atoms with Crippen LogP contribution in [0.1, 0.15) is 26.3 Å². The predicted molar refractivity (Wildman–Crippen MR) is 115 cm³/mol. The van der Waals surface area contributed by atoms with Gasteiger partial charge in [-0.25, -0.2) is 18.1 Å². The van der Waals surface area contributed by atoms with Crippen molar-refractivity contribution in [2.45, 2.75) is 45.3 Å². The maximum atomic E-state index is 13.4. The molecule has 3 atom stereocenters. The van der Waals surface area contributed by atoms with Gasteiger partial charge in [0.05, 0.1) is 18.3 Å². The smallest absolute Gasteiger partial charge is 0.251 e. The van der Waals surface area contributed by atoms with Gasteiger partial charge in [-0.1, -0.05) is 19.9 Å². The van der Waals surface area contributed by atoms with Gasteiger partial charge in [-0.15, -0.1) is 12.4 Å². The lowest BCUT2D eigenvalue weighted by Gasteiger charge is -2.31. The average molecular weight is 448 g/mol. The highest BCUT2D eigenvalue weighted by molar-refractivity contribution is 7.88. The third-order valence-corrected chi connectivity index (χ3v) is 5.48. The number of rotatable bonds is 8. The fraction of sp³-hybridized carbons (Fsp3) is 0.611. The van der Waals surface area contributed by atoms with Crippen molar-refractivity contribution in [3.63, 3.8) is 0 Å². The Hall–Kier alpha value is -1.75. The summed E-state index contributed by atoms with van der Waals surface area (Å²) in [5.41, 5.74) is 0.869. The SMILES string of the molecule is CNC(C)C(=O)N[C@H](C(=O)N1c2ncccc2CC1CNS(C)(=O)=O)C(C)C.Cl. The highest BCUT2D eigenvalue weighted by Crippen LogP contribution is 2.31. The maximum absolute atomic E-state index is 13.4. The molecule has 9 nitrogen and oxygen atoms in total. The van der Waals surface area contributed by atoms with E-state index in [1.54, 1.807) is 26.2 Å². The zero-order valence-corrected chi connectivity index (χ0v) is 18.9. The van der Waals surface area contributed by atoms with Crippen LogP contribution < -0.4 is 20.3 Å². The van der Waals surface area contributed by atoms with E-state index >= 15 is 0 Å². The van der Waals surface area contributed by atoms with Crippen LogP contribution in [0, 0.1) is 5.92 Å². The van der Waals surface area contributed by atoms with Crippen LogP contribution in [0.15, 0.2) is 18.3 Å². The molecule has 0 spiro atoms. The Morgan fingerprint density at radius 1 is 1.31 bits per heavy atom. The Bertz CT molecular complexity index is 833. The summed E-state index contributed by atoms with van der Waals surface area (Å²) in [7, 11) is -1.73. The van der Waals surface area contributed by atoms with Crippen molar-refractivity contribution in [1.29, 1.82) is 0 Å². The standard InChI is InChI=1S/C18H29N5O4S.ClH/c1-11(2)15(22-17(24)12(3)19-4)18(25)23-14(10-21-28(5,26)27)9-13-7-6-8-20-16(13)23;/h6-8,11-12,14-15,19,21H,9-10H2,1-5H3,(H,22,24);1H/t12?,14?,15-;/m0./s1. The van der Waals surface area contributed by atoms with Crippen LogP contribution in [0.25, 0.3) is 0 Å². The zero-order chi connectivity index (χ0) is 21.1. The molecule has 0 aliphatic carbocycles. The van der Waals surface area contributed by atoms with Gasteiger partial charge in [0, 0.05) is 12.7 Å². The quantitative estimate of drug-likeness (QED) is 0.518. The van der Waals surface area contributed by atoms with Crippen molar-refractivity contribution in [2.75, 3.05) is 24.7 Å². The van der Waals surface area contributed by atoms with Crippen LogP contribution in [0.5, 0.6) is 0 Å². The number of aromatic nitrogens is 1. The fourth-order valence-corrected chi connectivity index (χ4v) is 3.59. The van der Waals surface area contributed by atoms with Crippen LogP contribution in [0.2, 0.25) is 0 Å². The van der Waals surface area contributed by atoms with Crippen molar-refractivity contribution in [3.8, 4) is 0 Å². The molecule has 1 aliphatic rings. The molecule has 1 aliphatic heterocycles. The minimum atomic E-state index is -3.40. The minimum absolute atomic E-state index is 0. The number of fused-ring (bicyclic) bond motifs is 1. The molecule has 0 radical (unpaired) electrons. The summed E-state index contributed by atoms with van der Waals surface area (Å²) < 4.78 is 25.6. The average Bonchev–Trinajstić information content (AvgIpc) is 3.00. The van der Waals surface area contributed by atoms with E-state index in [4.69, 9.17) is 0 Å². The van der Waals surface area contributed by atoms with Crippen LogP contribution in [-0.4, -0.2) is 63.2 Å². The fourth-order valence-electron chi connectivity index (χ4n) is 3.09. The van der Waals surface area contributed by atoms with E-state index in [0.717, 1.165) is 11.8 Å². The highest BCUT2D eigenvalue weighted by atomic mass is 35.5. The monoisotopic (exact) mass is 447 g/mol. The summed E-state index contributed by atoms with van der Waals surface area (Å²) in [6.07, 6.45) is 3.16. The van der Waals surface area contributed by atoms with Gasteiger partial charge in [0.15, 0.2) is 0 Å². The Kier molecular flexibility index (Phi) is 9.01. The molecule has 2 unspecified atom stereocenters. The number of likely N-dealkylation sites (N-methyl/N-ethyl adjacent to an activating group) is 1. The Morgan fingerprint density at radius 2 is 1.97 bits per heavy atom. The van der Waals surface area contributed by atoms with Gasteiger partial charge in [-0.2, -0.15) is 0 Å². The molecule has 11 heteroatoms. The van der Waals surface area contributed by atoms with Crippen molar-refractivity contribution >= 4 is 40.1 Å². The number of sulfonamides is 1. The van der Waals surface area contributed by atoms with Crippen molar-refractivity contribution in [3.05, 3.63) is 23.9 Å². The number of carbonyl (C=O) groups is 2. The van der Waals surface area contributed by atoms with Crippen LogP contribution in [-0.2, 0) is 26.0 Å². The number of nitrogens with one attached hydrogen (secondary N) is 3. The number of hydrogen-bond donors (Lipinski definition) is 3. The van der Waals surface area contributed by atoms with E-state index in [0.29, 0.717) is 12.2 Å². The summed E-state index contributed by atoms with van der Waals surface area (Å²) in [5.74, 6) is -0.226. The zero-order valence-electron chi connectivity index (χ0n) is 17.3. The van der Waals surface area contributed by atoms with Crippen molar-refractivity contribution < 1.29 is 18.0 Å². The van der Waals surface area contributed by atoms with Gasteiger partial charge in [0.2, 0.25) is 15.9 Å². The molecule has 29 heavy (non-hydrogen) atoms. The van der Waals surface area contributed by atoms with Crippen molar-refractivity contribution in [1.82, 2.24) is 20.3 Å². The molecular weight excluding hydrogens is 418 g/mol. The molecule has 3 N–H and O–H groups in total. The normalized spacial score (nSPS) is 18.0. The number of pyridine rings is 1. The van der Waals surface area contributed by atoms with Gasteiger partial charge >= 0.3 is 0 Å². The number of amides is 2. The lowest BCUT2D eigenvalue weighted by molar-refractivity contribution is -0.129. The molecule has 0 saturated carbocycles. The second-order valence-corrected chi connectivity index (χ2v) is 9.25. The number of hydrogen-bond acceptors (Lipinski definition) is 6. The van der Waals surface area contributed by atoms with Gasteiger partial charge in [-0.05, 0) is 37.9 Å². The minimum Gasteiger partial charge on any atom is -0.343 e. The Labute approximate surface area is 178 Å². The first-order valence-corrected chi connectivity index (χ1v) is 11.1. The van der Waals surface area contributed by atoms with E-state index in [1.165, 1.54) is 4.90 Å². The largest absolute Gasteiger partial charge is 0.343 e. The second kappa shape index (κ2) is 10.3. The Morgan fingerprint density at radius 3 is 2.52 bits per heavy atom. The molecule has 0 saturated heterocycles. The summed E-state index contributed by atoms with van der Waals surface area (Å²) in [4.78, 5) is 31.6. The number of carbonyl (C=O) groups excluding carboxylic acids is 2. The van der Waals surface area contributed by atoms with Gasteiger partial charge in [0.25, 0.3) is 5.91 Å². The third kappa shape index (κ3) is 6.36. The van der Waals surface area contributed by atoms with E-state index in [1.807, 2.05) is 19.9 Å². The molecule has 2 amide bonds. The molecule has 2 heterocycles. The number of anilines is 1. The molecule has 164 valence electrons. The Balaban J connectivity index is 0.00000420. The van der Waals surface area contributed by atoms with Gasteiger partial charge in [-0.3, -0.25) is 14.5 Å². The van der Waals surface area contributed by atoms with E-state index in [9.17, 15) is 18.0 Å². The lowest BCUT2D eigenvalue weighted by Crippen LogP contribution is -2.57. The third-order valence-electron chi connectivity index (χ3n) is 4.79.